The molecule has 0 aliphatic heterocycles. The Morgan fingerprint density at radius 2 is 2.00 bits per heavy atom. The quantitative estimate of drug-likeness (QED) is 0.790. The van der Waals surface area contributed by atoms with Crippen LogP contribution in [0.2, 0.25) is 5.02 Å². The number of aliphatic hydroxyl groups is 1. The SMILES string of the molecule is Cl.N[C@H](c1ccc(O)c(Cl)c1)C(F)(F)CO. The number of benzene rings is 1. The van der Waals surface area contributed by atoms with Gasteiger partial charge in [0, 0.05) is 0 Å². The second kappa shape index (κ2) is 5.63. The summed E-state index contributed by atoms with van der Waals surface area (Å²) in [5.41, 5.74) is 5.30. The van der Waals surface area contributed by atoms with Crippen LogP contribution in [-0.2, 0) is 0 Å². The molecule has 0 aliphatic carbocycles. The predicted molar refractivity (Wildman–Crippen MR) is 59.3 cm³/mol. The van der Waals surface area contributed by atoms with Crippen molar-refractivity contribution < 1.29 is 19.0 Å². The van der Waals surface area contributed by atoms with Gasteiger partial charge in [-0.1, -0.05) is 17.7 Å². The van der Waals surface area contributed by atoms with Crippen LogP contribution in [0.15, 0.2) is 18.2 Å². The van der Waals surface area contributed by atoms with Crippen LogP contribution in [-0.4, -0.2) is 22.7 Å². The zero-order valence-corrected chi connectivity index (χ0v) is 9.60. The van der Waals surface area contributed by atoms with Gasteiger partial charge in [0.2, 0.25) is 0 Å². The van der Waals surface area contributed by atoms with Gasteiger partial charge in [0.05, 0.1) is 11.1 Å². The van der Waals surface area contributed by atoms with Crippen molar-refractivity contribution >= 4 is 24.0 Å². The molecule has 0 saturated heterocycles. The monoisotopic (exact) mass is 273 g/mol. The molecule has 0 fully saturated rings. The Morgan fingerprint density at radius 3 is 2.44 bits per heavy atom. The smallest absolute Gasteiger partial charge is 0.289 e. The van der Waals surface area contributed by atoms with Gasteiger partial charge in [0.1, 0.15) is 12.4 Å². The summed E-state index contributed by atoms with van der Waals surface area (Å²) in [5, 5.41) is 17.5. The molecule has 16 heavy (non-hydrogen) atoms. The van der Waals surface area contributed by atoms with Crippen LogP contribution in [0.5, 0.6) is 5.75 Å². The molecule has 0 bridgehead atoms. The van der Waals surface area contributed by atoms with E-state index in [1.807, 2.05) is 0 Å². The van der Waals surface area contributed by atoms with Gasteiger partial charge < -0.3 is 15.9 Å². The van der Waals surface area contributed by atoms with E-state index < -0.39 is 18.6 Å². The highest BCUT2D eigenvalue weighted by Crippen LogP contribution is 2.32. The van der Waals surface area contributed by atoms with Gasteiger partial charge in [-0.25, -0.2) is 8.78 Å². The molecule has 0 heterocycles. The molecule has 1 atom stereocenters. The number of hydrogen-bond acceptors (Lipinski definition) is 3. The highest BCUT2D eigenvalue weighted by Gasteiger charge is 2.37. The Balaban J connectivity index is 0.00000225. The number of alkyl halides is 2. The van der Waals surface area contributed by atoms with E-state index in [1.165, 1.54) is 12.1 Å². The van der Waals surface area contributed by atoms with E-state index in [1.54, 1.807) is 0 Å². The first-order valence-electron chi connectivity index (χ1n) is 4.11. The molecule has 1 rings (SSSR count). The van der Waals surface area contributed by atoms with Gasteiger partial charge in [-0.2, -0.15) is 0 Å². The van der Waals surface area contributed by atoms with Gasteiger partial charge in [-0.3, -0.25) is 0 Å². The number of phenols is 1. The molecular formula is C9H11Cl2F2NO2. The predicted octanol–water partition coefficient (Wildman–Crippen LogP) is 2.09. The largest absolute Gasteiger partial charge is 0.506 e. The lowest BCUT2D eigenvalue weighted by molar-refractivity contribution is -0.0711. The van der Waals surface area contributed by atoms with Crippen molar-refractivity contribution in [3.05, 3.63) is 28.8 Å². The molecule has 0 radical (unpaired) electrons. The third kappa shape index (κ3) is 3.18. The summed E-state index contributed by atoms with van der Waals surface area (Å²) in [6.45, 7) is -1.34. The third-order valence-electron chi connectivity index (χ3n) is 2.00. The van der Waals surface area contributed by atoms with Gasteiger partial charge in [-0.05, 0) is 17.7 Å². The first-order chi connectivity index (χ1) is 6.88. The molecule has 3 nitrogen and oxygen atoms in total. The first kappa shape index (κ1) is 15.4. The van der Waals surface area contributed by atoms with Gasteiger partial charge >= 0.3 is 0 Å². The van der Waals surface area contributed by atoms with Crippen LogP contribution in [0.25, 0.3) is 0 Å². The maximum atomic E-state index is 13.0. The fourth-order valence-electron chi connectivity index (χ4n) is 1.06. The van der Waals surface area contributed by atoms with Crippen molar-refractivity contribution in [1.82, 2.24) is 0 Å². The fraction of sp³-hybridized carbons (Fsp3) is 0.333. The molecule has 0 spiro atoms. The Kier molecular flexibility index (Phi) is 5.41. The summed E-state index contributed by atoms with van der Waals surface area (Å²) >= 11 is 5.54. The van der Waals surface area contributed by atoms with Crippen molar-refractivity contribution in [2.75, 3.05) is 6.61 Å². The van der Waals surface area contributed by atoms with Gasteiger partial charge in [-0.15, -0.1) is 12.4 Å². The zero-order chi connectivity index (χ0) is 11.6. The van der Waals surface area contributed by atoms with Crippen LogP contribution in [0.3, 0.4) is 0 Å². The number of nitrogens with two attached hydrogens (primary N) is 1. The summed E-state index contributed by atoms with van der Waals surface area (Å²) in [5.74, 6) is -3.62. The normalized spacial score (nSPS) is 13.1. The van der Waals surface area contributed by atoms with Crippen molar-refractivity contribution in [3.63, 3.8) is 0 Å². The molecule has 92 valence electrons. The second-order valence-corrected chi connectivity index (χ2v) is 3.51. The van der Waals surface area contributed by atoms with Gasteiger partial charge in [0.25, 0.3) is 5.92 Å². The van der Waals surface area contributed by atoms with E-state index in [0.717, 1.165) is 6.07 Å². The number of hydrogen-bond donors (Lipinski definition) is 3. The van der Waals surface area contributed by atoms with E-state index in [9.17, 15) is 8.78 Å². The Morgan fingerprint density at radius 1 is 1.44 bits per heavy atom. The molecule has 4 N–H and O–H groups in total. The minimum Gasteiger partial charge on any atom is -0.506 e. The molecular weight excluding hydrogens is 263 g/mol. The second-order valence-electron chi connectivity index (χ2n) is 3.11. The third-order valence-corrected chi connectivity index (χ3v) is 2.30. The number of phenolic OH excluding ortho intramolecular Hbond substituents is 1. The summed E-state index contributed by atoms with van der Waals surface area (Å²) < 4.78 is 26.0. The standard InChI is InChI=1S/C9H10ClF2NO2.ClH/c10-6-3-5(1-2-7(6)15)8(13)9(11,12)4-14;/h1-3,8,14-15H,4,13H2;1H/t8-;/m1./s1. The van der Waals surface area contributed by atoms with Crippen molar-refractivity contribution in [2.24, 2.45) is 5.73 Å². The summed E-state index contributed by atoms with van der Waals surface area (Å²) in [6.07, 6.45) is 0. The Labute approximate surface area is 102 Å². The molecule has 0 saturated carbocycles. The summed E-state index contributed by atoms with van der Waals surface area (Å²) in [6, 6.07) is 1.89. The number of rotatable bonds is 3. The maximum Gasteiger partial charge on any atom is 0.289 e. The topological polar surface area (TPSA) is 66.5 Å². The minimum absolute atomic E-state index is 0. The molecule has 0 aliphatic rings. The lowest BCUT2D eigenvalue weighted by Crippen LogP contribution is -2.36. The molecule has 7 heteroatoms. The summed E-state index contributed by atoms with van der Waals surface area (Å²) in [7, 11) is 0. The van der Waals surface area contributed by atoms with E-state index in [-0.39, 0.29) is 28.7 Å². The highest BCUT2D eigenvalue weighted by molar-refractivity contribution is 6.32. The molecule has 0 aromatic heterocycles. The lowest BCUT2D eigenvalue weighted by atomic mass is 10.0. The maximum absolute atomic E-state index is 13.0. The van der Waals surface area contributed by atoms with E-state index in [0.29, 0.717) is 0 Å². The van der Waals surface area contributed by atoms with Crippen molar-refractivity contribution in [3.8, 4) is 5.75 Å². The van der Waals surface area contributed by atoms with Gasteiger partial charge in [0.15, 0.2) is 0 Å². The number of aromatic hydroxyl groups is 1. The molecule has 1 aromatic rings. The lowest BCUT2D eigenvalue weighted by Gasteiger charge is -2.21. The van der Waals surface area contributed by atoms with Crippen LogP contribution in [0.4, 0.5) is 8.78 Å². The number of halogens is 4. The molecule has 1 aromatic carbocycles. The summed E-state index contributed by atoms with van der Waals surface area (Å²) in [4.78, 5) is 0. The van der Waals surface area contributed by atoms with E-state index in [2.05, 4.69) is 0 Å². The highest BCUT2D eigenvalue weighted by atomic mass is 35.5. The van der Waals surface area contributed by atoms with Crippen LogP contribution in [0.1, 0.15) is 11.6 Å². The molecule has 0 amide bonds. The zero-order valence-electron chi connectivity index (χ0n) is 8.03. The van der Waals surface area contributed by atoms with E-state index in [4.69, 9.17) is 27.5 Å². The van der Waals surface area contributed by atoms with Crippen molar-refractivity contribution in [2.45, 2.75) is 12.0 Å². The van der Waals surface area contributed by atoms with Crippen LogP contribution in [0, 0.1) is 0 Å². The average Bonchev–Trinajstić information content (AvgIpc) is 2.21. The Hall–Kier alpha value is -0.620. The minimum atomic E-state index is -3.42. The van der Waals surface area contributed by atoms with Crippen molar-refractivity contribution in [1.29, 1.82) is 0 Å². The van der Waals surface area contributed by atoms with Crippen LogP contribution < -0.4 is 5.73 Å². The first-order valence-corrected chi connectivity index (χ1v) is 4.49. The Bertz CT molecular complexity index is 363. The average molecular weight is 274 g/mol. The molecule has 0 unspecified atom stereocenters. The fourth-order valence-corrected chi connectivity index (χ4v) is 1.25. The van der Waals surface area contributed by atoms with Crippen LogP contribution >= 0.6 is 24.0 Å². The number of aliphatic hydroxyl groups excluding tert-OH is 1. The van der Waals surface area contributed by atoms with E-state index >= 15 is 0 Å².